The van der Waals surface area contributed by atoms with Gasteiger partial charge in [-0.05, 0) is 43.2 Å². The summed E-state index contributed by atoms with van der Waals surface area (Å²) < 4.78 is 33.6. The number of methoxy groups -OCH3 is 1. The molecule has 154 valence electrons. The molecule has 0 saturated carbocycles. The highest BCUT2D eigenvalue weighted by atomic mass is 35.5. The summed E-state index contributed by atoms with van der Waals surface area (Å²) in [7, 11) is -1.96. The van der Waals surface area contributed by atoms with E-state index in [2.05, 4.69) is 10.3 Å². The molecule has 1 amide bonds. The average Bonchev–Trinajstić information content (AvgIpc) is 3.33. The van der Waals surface area contributed by atoms with Crippen molar-refractivity contribution in [1.29, 1.82) is 0 Å². The molecule has 3 aromatic rings. The van der Waals surface area contributed by atoms with E-state index in [9.17, 15) is 13.2 Å². The van der Waals surface area contributed by atoms with Gasteiger partial charge in [0.25, 0.3) is 10.0 Å². The van der Waals surface area contributed by atoms with E-state index in [0.717, 1.165) is 27.3 Å². The van der Waals surface area contributed by atoms with Crippen LogP contribution in [0.1, 0.15) is 12.8 Å². The first kappa shape index (κ1) is 20.5. The summed E-state index contributed by atoms with van der Waals surface area (Å²) in [5.41, 5.74) is 0.793. The largest absolute Gasteiger partial charge is 0.497 e. The van der Waals surface area contributed by atoms with Crippen molar-refractivity contribution in [3.8, 4) is 5.75 Å². The molecule has 0 atom stereocenters. The van der Waals surface area contributed by atoms with Crippen LogP contribution in [-0.4, -0.2) is 43.8 Å². The minimum Gasteiger partial charge on any atom is -0.497 e. The van der Waals surface area contributed by atoms with Crippen molar-refractivity contribution in [2.45, 2.75) is 17.1 Å². The molecule has 7 nitrogen and oxygen atoms in total. The molecule has 1 aliphatic heterocycles. The van der Waals surface area contributed by atoms with Crippen LogP contribution in [-0.2, 0) is 14.8 Å². The lowest BCUT2D eigenvalue weighted by Gasteiger charge is -2.29. The molecule has 0 aliphatic carbocycles. The Balaban J connectivity index is 1.39. The predicted molar refractivity (Wildman–Crippen MR) is 116 cm³/mol. The second kappa shape index (κ2) is 8.19. The molecule has 3 heterocycles. The van der Waals surface area contributed by atoms with Gasteiger partial charge in [0.1, 0.15) is 9.96 Å². The van der Waals surface area contributed by atoms with Gasteiger partial charge in [0.15, 0.2) is 5.13 Å². The Kier molecular flexibility index (Phi) is 5.80. The smallest absolute Gasteiger partial charge is 0.252 e. The van der Waals surface area contributed by atoms with E-state index in [1.165, 1.54) is 21.7 Å². The molecule has 0 spiro atoms. The summed E-state index contributed by atoms with van der Waals surface area (Å²) in [4.78, 5) is 17.1. The van der Waals surface area contributed by atoms with E-state index < -0.39 is 10.0 Å². The zero-order valence-corrected chi connectivity index (χ0v) is 18.6. The lowest BCUT2D eigenvalue weighted by Crippen LogP contribution is -2.41. The molecule has 11 heteroatoms. The highest BCUT2D eigenvalue weighted by Gasteiger charge is 2.33. The van der Waals surface area contributed by atoms with E-state index in [0.29, 0.717) is 35.4 Å². The Morgan fingerprint density at radius 3 is 2.66 bits per heavy atom. The Hall–Kier alpha value is -1.72. The van der Waals surface area contributed by atoms with Crippen molar-refractivity contribution in [2.75, 3.05) is 25.5 Å². The van der Waals surface area contributed by atoms with Crippen LogP contribution in [0.3, 0.4) is 0 Å². The number of carbonyl (C=O) groups excluding carboxylic acids is 1. The Bertz CT molecular complexity index is 1150. The van der Waals surface area contributed by atoms with Crippen molar-refractivity contribution in [2.24, 2.45) is 5.92 Å². The van der Waals surface area contributed by atoms with Gasteiger partial charge in [0, 0.05) is 19.0 Å². The molecule has 1 aromatic carbocycles. The first-order valence-corrected chi connectivity index (χ1v) is 12.3. The summed E-state index contributed by atoms with van der Waals surface area (Å²) in [5.74, 6) is 0.349. The Labute approximate surface area is 181 Å². The quantitative estimate of drug-likeness (QED) is 0.606. The monoisotopic (exact) mass is 471 g/mol. The van der Waals surface area contributed by atoms with Crippen LogP contribution in [0.4, 0.5) is 5.13 Å². The first-order valence-electron chi connectivity index (χ1n) is 8.88. The van der Waals surface area contributed by atoms with Crippen LogP contribution >= 0.6 is 34.3 Å². The first-order chi connectivity index (χ1) is 13.9. The van der Waals surface area contributed by atoms with Gasteiger partial charge in [-0.15, -0.1) is 11.3 Å². The van der Waals surface area contributed by atoms with Crippen molar-refractivity contribution < 1.29 is 17.9 Å². The van der Waals surface area contributed by atoms with E-state index >= 15 is 0 Å². The van der Waals surface area contributed by atoms with Crippen molar-refractivity contribution in [1.82, 2.24) is 9.29 Å². The second-order valence-corrected chi connectivity index (χ2v) is 11.5. The molecule has 1 fully saturated rings. The van der Waals surface area contributed by atoms with E-state index in [-0.39, 0.29) is 16.0 Å². The molecule has 29 heavy (non-hydrogen) atoms. The molecule has 2 aromatic heterocycles. The Morgan fingerprint density at radius 2 is 2.00 bits per heavy atom. The fourth-order valence-corrected chi connectivity index (χ4v) is 7.22. The number of nitrogens with zero attached hydrogens (tertiary/aromatic N) is 2. The SMILES string of the molecule is COc1ccc2nc(NC(=O)C3CCN(S(=O)(=O)c4ccc(Cl)s4)CC3)sc2c1. The number of benzene rings is 1. The summed E-state index contributed by atoms with van der Waals surface area (Å²) in [6, 6.07) is 8.64. The highest BCUT2D eigenvalue weighted by molar-refractivity contribution is 7.91. The number of ether oxygens (including phenoxy) is 1. The Morgan fingerprint density at radius 1 is 1.24 bits per heavy atom. The number of anilines is 1. The van der Waals surface area contributed by atoms with Crippen LogP contribution in [0.15, 0.2) is 34.5 Å². The fourth-order valence-electron chi connectivity index (χ4n) is 3.21. The maximum Gasteiger partial charge on any atom is 0.252 e. The fraction of sp³-hybridized carbons (Fsp3) is 0.333. The summed E-state index contributed by atoms with van der Waals surface area (Å²) >= 11 is 8.29. The number of sulfonamides is 1. The van der Waals surface area contributed by atoms with Gasteiger partial charge in [0.2, 0.25) is 5.91 Å². The number of rotatable bonds is 5. The minimum atomic E-state index is -3.56. The summed E-state index contributed by atoms with van der Waals surface area (Å²) in [6.45, 7) is 0.597. The number of carbonyl (C=O) groups is 1. The summed E-state index contributed by atoms with van der Waals surface area (Å²) in [6.07, 6.45) is 0.922. The highest BCUT2D eigenvalue weighted by Crippen LogP contribution is 2.32. The number of amides is 1. The van der Waals surface area contributed by atoms with Gasteiger partial charge in [-0.2, -0.15) is 4.31 Å². The summed E-state index contributed by atoms with van der Waals surface area (Å²) in [5, 5.41) is 3.40. The average molecular weight is 472 g/mol. The molecular weight excluding hydrogens is 454 g/mol. The number of hydrogen-bond acceptors (Lipinski definition) is 7. The number of nitrogens with one attached hydrogen (secondary N) is 1. The third kappa shape index (κ3) is 4.26. The topological polar surface area (TPSA) is 88.6 Å². The predicted octanol–water partition coefficient (Wildman–Crippen LogP) is 4.06. The zero-order valence-electron chi connectivity index (χ0n) is 15.4. The van der Waals surface area contributed by atoms with Crippen molar-refractivity contribution in [3.05, 3.63) is 34.7 Å². The number of thiophene rings is 1. The van der Waals surface area contributed by atoms with E-state index in [1.807, 2.05) is 18.2 Å². The van der Waals surface area contributed by atoms with Crippen LogP contribution in [0.25, 0.3) is 10.2 Å². The third-order valence-corrected chi connectivity index (χ3v) is 9.32. The molecule has 1 aliphatic rings. The maximum atomic E-state index is 12.7. The maximum absolute atomic E-state index is 12.7. The lowest BCUT2D eigenvalue weighted by molar-refractivity contribution is -0.120. The molecule has 0 radical (unpaired) electrons. The van der Waals surface area contributed by atoms with Crippen molar-refractivity contribution >= 4 is 65.6 Å². The van der Waals surface area contributed by atoms with Crippen LogP contribution in [0.5, 0.6) is 5.75 Å². The molecule has 4 rings (SSSR count). The number of aromatic nitrogens is 1. The second-order valence-electron chi connectivity index (χ2n) is 6.58. The molecule has 1 N–H and O–H groups in total. The number of piperidine rings is 1. The number of thiazole rings is 1. The van der Waals surface area contributed by atoms with E-state index in [4.69, 9.17) is 16.3 Å². The third-order valence-electron chi connectivity index (χ3n) is 4.79. The van der Waals surface area contributed by atoms with E-state index in [1.54, 1.807) is 13.2 Å². The standard InChI is InChI=1S/C18H18ClN3O4S3/c1-26-12-2-3-13-14(10-12)27-18(20-13)21-17(23)11-6-8-22(9-7-11)29(24,25)16-5-4-15(19)28-16/h2-5,10-11H,6-9H2,1H3,(H,20,21,23). The molecule has 0 bridgehead atoms. The van der Waals surface area contributed by atoms with Crippen LogP contribution in [0, 0.1) is 5.92 Å². The van der Waals surface area contributed by atoms with Gasteiger partial charge in [-0.3, -0.25) is 4.79 Å². The normalized spacial score (nSPS) is 16.2. The van der Waals surface area contributed by atoms with Gasteiger partial charge in [0.05, 0.1) is 21.7 Å². The zero-order chi connectivity index (χ0) is 20.6. The van der Waals surface area contributed by atoms with Gasteiger partial charge in [-0.25, -0.2) is 13.4 Å². The minimum absolute atomic E-state index is 0.132. The lowest BCUT2D eigenvalue weighted by atomic mass is 9.97. The number of fused-ring (bicyclic) bond motifs is 1. The number of hydrogen-bond donors (Lipinski definition) is 1. The van der Waals surface area contributed by atoms with Crippen molar-refractivity contribution in [3.63, 3.8) is 0 Å². The van der Waals surface area contributed by atoms with Gasteiger partial charge >= 0.3 is 0 Å². The van der Waals surface area contributed by atoms with Crippen LogP contribution < -0.4 is 10.1 Å². The molecular formula is C18H18ClN3O4S3. The molecule has 1 saturated heterocycles. The van der Waals surface area contributed by atoms with Gasteiger partial charge < -0.3 is 10.1 Å². The van der Waals surface area contributed by atoms with Crippen LogP contribution in [0.2, 0.25) is 4.34 Å². The number of halogens is 1. The van der Waals surface area contributed by atoms with Gasteiger partial charge in [-0.1, -0.05) is 22.9 Å². The molecule has 0 unspecified atom stereocenters.